The molecule has 0 aromatic heterocycles. The molecule has 0 amide bonds. The molecule has 2 aliphatic rings. The summed E-state index contributed by atoms with van der Waals surface area (Å²) in [7, 11) is 0. The Labute approximate surface area is 157 Å². The van der Waals surface area contributed by atoms with Gasteiger partial charge in [-0.3, -0.25) is 4.79 Å². The minimum absolute atomic E-state index is 0.0300. The largest absolute Gasteiger partial charge is 0.462 e. The smallest absolute Gasteiger partial charge is 0.340 e. The highest BCUT2D eigenvalue weighted by molar-refractivity contribution is 6.31. The number of hydrogen-bond acceptors (Lipinski definition) is 5. The van der Waals surface area contributed by atoms with Crippen molar-refractivity contribution in [3.63, 3.8) is 0 Å². The number of nitrogens with two attached hydrogens (primary N) is 1. The van der Waals surface area contributed by atoms with Crippen LogP contribution in [0, 0.1) is 5.41 Å². The average Bonchev–Trinajstić information content (AvgIpc) is 2.53. The van der Waals surface area contributed by atoms with Crippen LogP contribution in [-0.2, 0) is 19.1 Å². The average molecular weight is 376 g/mol. The molecule has 0 radical (unpaired) electrons. The van der Waals surface area contributed by atoms with Crippen molar-refractivity contribution in [3.05, 3.63) is 57.6 Å². The van der Waals surface area contributed by atoms with Crippen molar-refractivity contribution in [3.8, 4) is 0 Å². The summed E-state index contributed by atoms with van der Waals surface area (Å²) >= 11 is 6.40. The molecule has 1 aliphatic heterocycles. The van der Waals surface area contributed by atoms with Gasteiger partial charge in [-0.05, 0) is 24.0 Å². The van der Waals surface area contributed by atoms with E-state index < -0.39 is 11.9 Å². The summed E-state index contributed by atoms with van der Waals surface area (Å²) in [5.41, 5.74) is 7.09. The Morgan fingerprint density at radius 1 is 1.35 bits per heavy atom. The Balaban J connectivity index is 2.21. The van der Waals surface area contributed by atoms with Gasteiger partial charge >= 0.3 is 5.97 Å². The fourth-order valence-electron chi connectivity index (χ4n) is 3.61. The molecule has 138 valence electrons. The molecule has 1 atom stereocenters. The van der Waals surface area contributed by atoms with Crippen LogP contribution < -0.4 is 5.73 Å². The summed E-state index contributed by atoms with van der Waals surface area (Å²) in [6.45, 7) is 5.91. The molecule has 0 saturated carbocycles. The third-order valence-corrected chi connectivity index (χ3v) is 5.01. The molecule has 0 saturated heterocycles. The summed E-state index contributed by atoms with van der Waals surface area (Å²) in [5, 5.41) is 0.457. The Hall–Kier alpha value is -2.27. The Morgan fingerprint density at radius 3 is 2.69 bits per heavy atom. The first-order valence-electron chi connectivity index (χ1n) is 8.60. The van der Waals surface area contributed by atoms with Crippen LogP contribution in [0.1, 0.15) is 45.1 Å². The number of halogens is 1. The van der Waals surface area contributed by atoms with Crippen LogP contribution in [0.3, 0.4) is 0 Å². The number of benzene rings is 1. The quantitative estimate of drug-likeness (QED) is 0.812. The van der Waals surface area contributed by atoms with Crippen molar-refractivity contribution < 1.29 is 19.1 Å². The fourth-order valence-corrected chi connectivity index (χ4v) is 3.86. The van der Waals surface area contributed by atoms with Gasteiger partial charge in [-0.15, -0.1) is 0 Å². The topological polar surface area (TPSA) is 78.6 Å². The van der Waals surface area contributed by atoms with E-state index in [9.17, 15) is 9.59 Å². The molecule has 1 heterocycles. The van der Waals surface area contributed by atoms with Crippen LogP contribution in [0.4, 0.5) is 0 Å². The first-order chi connectivity index (χ1) is 12.2. The van der Waals surface area contributed by atoms with Gasteiger partial charge < -0.3 is 15.2 Å². The molecule has 0 bridgehead atoms. The van der Waals surface area contributed by atoms with Gasteiger partial charge in [0.25, 0.3) is 0 Å². The van der Waals surface area contributed by atoms with Crippen LogP contribution in [-0.4, -0.2) is 18.4 Å². The Morgan fingerprint density at radius 2 is 2.04 bits per heavy atom. The van der Waals surface area contributed by atoms with Crippen LogP contribution in [0.5, 0.6) is 0 Å². The molecule has 2 N–H and O–H groups in total. The highest BCUT2D eigenvalue weighted by Crippen LogP contribution is 2.49. The lowest BCUT2D eigenvalue weighted by Gasteiger charge is -2.38. The van der Waals surface area contributed by atoms with E-state index >= 15 is 0 Å². The maximum absolute atomic E-state index is 13.0. The molecule has 1 aromatic rings. The number of carbonyl (C=O) groups excluding carboxylic acids is 2. The van der Waals surface area contributed by atoms with E-state index in [2.05, 4.69) is 0 Å². The van der Waals surface area contributed by atoms with Gasteiger partial charge in [-0.25, -0.2) is 4.79 Å². The molecule has 1 aliphatic carbocycles. The maximum Gasteiger partial charge on any atom is 0.340 e. The summed E-state index contributed by atoms with van der Waals surface area (Å²) < 4.78 is 10.9. The van der Waals surface area contributed by atoms with E-state index in [1.165, 1.54) is 0 Å². The third kappa shape index (κ3) is 3.23. The molecule has 26 heavy (non-hydrogen) atoms. The zero-order valence-corrected chi connectivity index (χ0v) is 15.9. The first kappa shape index (κ1) is 18.5. The van der Waals surface area contributed by atoms with Crippen LogP contribution in [0.2, 0.25) is 5.02 Å². The van der Waals surface area contributed by atoms with E-state index in [1.807, 2.05) is 19.9 Å². The number of hydrogen-bond donors (Lipinski definition) is 1. The van der Waals surface area contributed by atoms with E-state index in [1.54, 1.807) is 25.1 Å². The lowest BCUT2D eigenvalue weighted by atomic mass is 9.70. The van der Waals surface area contributed by atoms with Crippen molar-refractivity contribution in [1.29, 1.82) is 0 Å². The second-order valence-corrected chi connectivity index (χ2v) is 7.74. The van der Waals surface area contributed by atoms with Crippen LogP contribution in [0.15, 0.2) is 47.1 Å². The number of ketones is 1. The third-order valence-electron chi connectivity index (χ3n) is 4.67. The minimum atomic E-state index is -0.685. The van der Waals surface area contributed by atoms with Gasteiger partial charge in [-0.1, -0.05) is 43.6 Å². The van der Waals surface area contributed by atoms with E-state index in [4.69, 9.17) is 26.8 Å². The lowest BCUT2D eigenvalue weighted by Crippen LogP contribution is -2.35. The molecule has 1 aromatic carbocycles. The van der Waals surface area contributed by atoms with Crippen molar-refractivity contribution in [2.45, 2.75) is 39.5 Å². The molecule has 0 spiro atoms. The van der Waals surface area contributed by atoms with Gasteiger partial charge in [0.05, 0.1) is 12.5 Å². The summed E-state index contributed by atoms with van der Waals surface area (Å²) in [5.74, 6) is -0.857. The molecule has 0 unspecified atom stereocenters. The molecule has 3 rings (SSSR count). The number of allylic oxidation sites excluding steroid dienone is 2. The molecular weight excluding hydrogens is 354 g/mol. The minimum Gasteiger partial charge on any atom is -0.462 e. The van der Waals surface area contributed by atoms with E-state index in [0.29, 0.717) is 34.8 Å². The number of rotatable bonds is 3. The van der Waals surface area contributed by atoms with Crippen molar-refractivity contribution in [2.24, 2.45) is 11.1 Å². The molecule has 6 heteroatoms. The highest BCUT2D eigenvalue weighted by atomic mass is 35.5. The zero-order chi connectivity index (χ0) is 19.1. The summed E-state index contributed by atoms with van der Waals surface area (Å²) in [6, 6.07) is 7.13. The monoisotopic (exact) mass is 375 g/mol. The summed E-state index contributed by atoms with van der Waals surface area (Å²) in [4.78, 5) is 25.6. The summed E-state index contributed by atoms with van der Waals surface area (Å²) in [6.07, 6.45) is 0.929. The predicted octanol–water partition coefficient (Wildman–Crippen LogP) is 3.83. The molecule has 0 fully saturated rings. The van der Waals surface area contributed by atoms with Gasteiger partial charge in [-0.2, -0.15) is 0 Å². The van der Waals surface area contributed by atoms with E-state index in [0.717, 1.165) is 0 Å². The number of Topliss-reactive ketones (excluding diaryl/α,β-unsaturated/α-hetero) is 1. The van der Waals surface area contributed by atoms with Crippen molar-refractivity contribution in [2.75, 3.05) is 6.61 Å². The first-order valence-corrected chi connectivity index (χ1v) is 8.98. The van der Waals surface area contributed by atoms with Gasteiger partial charge in [0.1, 0.15) is 11.3 Å². The number of carbonyl (C=O) groups is 2. The predicted molar refractivity (Wildman–Crippen MR) is 98.2 cm³/mol. The fraction of sp³-hybridized carbons (Fsp3) is 0.400. The SMILES string of the molecule is CCOC(=O)C1=C(N)OC2=C(C(=O)CC(C)(C)C2)[C@@H]1c1ccccc1Cl. The standard InChI is InChI=1S/C20H22ClNO4/c1-4-25-19(24)17-15(11-7-5-6-8-12(11)21)16-13(23)9-20(2,3)10-14(16)26-18(17)22/h5-8,15H,4,9-10,22H2,1-3H3/t15-/m0/s1. The molecule has 5 nitrogen and oxygen atoms in total. The lowest BCUT2D eigenvalue weighted by molar-refractivity contribution is -0.139. The zero-order valence-electron chi connectivity index (χ0n) is 15.1. The normalized spacial score (nSPS) is 22.0. The number of esters is 1. The Kier molecular flexibility index (Phi) is 4.84. The number of ether oxygens (including phenoxy) is 2. The van der Waals surface area contributed by atoms with E-state index in [-0.39, 0.29) is 29.3 Å². The van der Waals surface area contributed by atoms with Crippen molar-refractivity contribution in [1.82, 2.24) is 0 Å². The van der Waals surface area contributed by atoms with Crippen molar-refractivity contribution >= 4 is 23.4 Å². The second kappa shape index (κ2) is 6.80. The van der Waals surface area contributed by atoms with Crippen LogP contribution >= 0.6 is 11.6 Å². The maximum atomic E-state index is 13.0. The van der Waals surface area contributed by atoms with Gasteiger partial charge in [0.15, 0.2) is 5.78 Å². The van der Waals surface area contributed by atoms with Gasteiger partial charge in [0, 0.05) is 23.4 Å². The highest BCUT2D eigenvalue weighted by Gasteiger charge is 2.45. The van der Waals surface area contributed by atoms with Gasteiger partial charge in [0.2, 0.25) is 5.88 Å². The molecular formula is C20H22ClNO4. The second-order valence-electron chi connectivity index (χ2n) is 7.33. The Bertz CT molecular complexity index is 838. The van der Waals surface area contributed by atoms with Crippen LogP contribution in [0.25, 0.3) is 0 Å².